The van der Waals surface area contributed by atoms with Gasteiger partial charge in [0.2, 0.25) is 11.8 Å². The molecule has 2 aromatic rings. The predicted molar refractivity (Wildman–Crippen MR) is 139 cm³/mol. The number of rotatable bonds is 6. The van der Waals surface area contributed by atoms with Gasteiger partial charge >= 0.3 is 0 Å². The molecule has 5 rings (SSSR count). The molecule has 0 radical (unpaired) electrons. The molecule has 0 N–H and O–H groups in total. The number of carbonyl (C=O) groups excluding carboxylic acids is 2. The highest BCUT2D eigenvalue weighted by atomic mass is 35.5. The Morgan fingerprint density at radius 1 is 1.05 bits per heavy atom. The van der Waals surface area contributed by atoms with Gasteiger partial charge in [-0.05, 0) is 55.2 Å². The van der Waals surface area contributed by atoms with Crippen molar-refractivity contribution >= 4 is 33.4 Å². The molecular weight excluding hydrogens is 514 g/mol. The first-order chi connectivity index (χ1) is 17.7. The van der Waals surface area contributed by atoms with E-state index in [0.29, 0.717) is 5.02 Å². The number of nitrogens with zero attached hydrogens (tertiary/aromatic N) is 3. The molecule has 1 aliphatic carbocycles. The average Bonchev–Trinajstić information content (AvgIpc) is 3.41. The zero-order valence-electron chi connectivity index (χ0n) is 20.9. The van der Waals surface area contributed by atoms with Gasteiger partial charge in [-0.2, -0.15) is 0 Å². The third kappa shape index (κ3) is 4.70. The maximum absolute atomic E-state index is 14.0. The van der Waals surface area contributed by atoms with Gasteiger partial charge in [0, 0.05) is 36.7 Å². The van der Waals surface area contributed by atoms with Crippen LogP contribution < -0.4 is 4.74 Å². The van der Waals surface area contributed by atoms with E-state index in [-0.39, 0.29) is 53.7 Å². The van der Waals surface area contributed by atoms with Crippen molar-refractivity contribution in [1.82, 2.24) is 14.1 Å². The molecule has 2 aliphatic heterocycles. The lowest BCUT2D eigenvalue weighted by Crippen LogP contribution is -2.61. The van der Waals surface area contributed by atoms with Crippen LogP contribution in [-0.2, 0) is 26.0 Å². The summed E-state index contributed by atoms with van der Waals surface area (Å²) in [6.45, 7) is 1.80. The Kier molecular flexibility index (Phi) is 6.93. The fourth-order valence-corrected chi connectivity index (χ4v) is 7.27. The molecule has 0 spiro atoms. The first-order valence-corrected chi connectivity index (χ1v) is 14.3. The third-order valence-corrected chi connectivity index (χ3v) is 9.43. The van der Waals surface area contributed by atoms with Crippen molar-refractivity contribution in [3.05, 3.63) is 70.6 Å². The van der Waals surface area contributed by atoms with Crippen molar-refractivity contribution in [1.29, 1.82) is 0 Å². The number of halogens is 1. The highest BCUT2D eigenvalue weighted by molar-refractivity contribution is 7.89. The van der Waals surface area contributed by atoms with Crippen molar-refractivity contribution in [3.63, 3.8) is 0 Å². The molecule has 2 amide bonds. The quantitative estimate of drug-likeness (QED) is 0.548. The lowest BCUT2D eigenvalue weighted by molar-refractivity contribution is -0.148. The van der Waals surface area contributed by atoms with Crippen LogP contribution in [0.4, 0.5) is 0 Å². The fraction of sp³-hybridized carbons (Fsp3) is 0.407. The van der Waals surface area contributed by atoms with Crippen molar-refractivity contribution in [2.45, 2.75) is 62.4 Å². The van der Waals surface area contributed by atoms with Crippen molar-refractivity contribution in [3.8, 4) is 5.75 Å². The predicted octanol–water partition coefficient (Wildman–Crippen LogP) is 4.08. The Morgan fingerprint density at radius 3 is 2.43 bits per heavy atom. The summed E-state index contributed by atoms with van der Waals surface area (Å²) < 4.78 is 34.7. The van der Waals surface area contributed by atoms with E-state index in [9.17, 15) is 18.0 Å². The minimum Gasteiger partial charge on any atom is -0.495 e. The smallest absolute Gasteiger partial charge is 0.269 e. The third-order valence-electron chi connectivity index (χ3n) is 7.35. The van der Waals surface area contributed by atoms with E-state index in [4.69, 9.17) is 16.3 Å². The highest BCUT2D eigenvalue weighted by Gasteiger charge is 2.48. The Labute approximate surface area is 222 Å². The van der Waals surface area contributed by atoms with Gasteiger partial charge in [-0.1, -0.05) is 42.6 Å². The van der Waals surface area contributed by atoms with E-state index in [2.05, 4.69) is 0 Å². The molecule has 1 unspecified atom stereocenters. The first kappa shape index (κ1) is 25.6. The maximum atomic E-state index is 14.0. The molecule has 2 heterocycles. The SMILES string of the molecule is COc1ccc(C)cc1S(=O)(=O)N1CCC(=O)N2C1=CN(C1CCCC1)C(=O)C2Cc1ccc(Cl)cc1. The number of amides is 2. The molecule has 3 aliphatic rings. The summed E-state index contributed by atoms with van der Waals surface area (Å²) >= 11 is 6.06. The van der Waals surface area contributed by atoms with Gasteiger partial charge in [-0.25, -0.2) is 12.7 Å². The number of aryl methyl sites for hydroxylation is 1. The molecule has 1 atom stereocenters. The Bertz CT molecular complexity index is 1350. The second kappa shape index (κ2) is 10.0. The topological polar surface area (TPSA) is 87.2 Å². The van der Waals surface area contributed by atoms with Gasteiger partial charge in [0.1, 0.15) is 22.5 Å². The van der Waals surface area contributed by atoms with Crippen LogP contribution >= 0.6 is 11.6 Å². The van der Waals surface area contributed by atoms with Crippen LogP contribution in [0, 0.1) is 6.92 Å². The van der Waals surface area contributed by atoms with Crippen molar-refractivity contribution < 1.29 is 22.7 Å². The van der Waals surface area contributed by atoms with E-state index in [1.165, 1.54) is 16.3 Å². The van der Waals surface area contributed by atoms with Gasteiger partial charge in [0.15, 0.2) is 0 Å². The number of hydrogen-bond donors (Lipinski definition) is 0. The van der Waals surface area contributed by atoms with Crippen LogP contribution in [0.5, 0.6) is 5.75 Å². The van der Waals surface area contributed by atoms with Crippen molar-refractivity contribution in [2.24, 2.45) is 0 Å². The molecular formula is C27H30ClN3O5S. The van der Waals surface area contributed by atoms with Crippen LogP contribution in [0.2, 0.25) is 5.02 Å². The molecule has 10 heteroatoms. The van der Waals surface area contributed by atoms with Gasteiger partial charge < -0.3 is 9.64 Å². The number of benzene rings is 2. The number of carbonyl (C=O) groups is 2. The summed E-state index contributed by atoms with van der Waals surface area (Å²) in [7, 11) is -2.67. The summed E-state index contributed by atoms with van der Waals surface area (Å²) in [4.78, 5) is 30.2. The van der Waals surface area contributed by atoms with E-state index in [1.54, 1.807) is 41.4 Å². The molecule has 196 valence electrons. The summed E-state index contributed by atoms with van der Waals surface area (Å²) in [5, 5.41) is 0.574. The van der Waals surface area contributed by atoms with Gasteiger partial charge in [0.25, 0.3) is 10.0 Å². The molecule has 1 saturated heterocycles. The van der Waals surface area contributed by atoms with E-state index in [1.807, 2.05) is 19.1 Å². The normalized spacial score (nSPS) is 20.8. The largest absolute Gasteiger partial charge is 0.495 e. The Hall–Kier alpha value is -3.04. The number of sulfonamides is 1. The van der Waals surface area contributed by atoms with E-state index >= 15 is 0 Å². The summed E-state index contributed by atoms with van der Waals surface area (Å²) in [5.41, 5.74) is 1.61. The molecule has 0 aromatic heterocycles. The molecule has 2 aromatic carbocycles. The molecule has 1 saturated carbocycles. The number of fused-ring (bicyclic) bond motifs is 1. The standard InChI is InChI=1S/C27H30ClN3O5S/c1-18-7-12-23(36-2)24(15-18)37(34,35)30-14-13-26(32)31-22(16-19-8-10-20(28)11-9-19)27(33)29(17-25(30)31)21-5-3-4-6-21/h7-12,15,17,21-22H,3-6,13-14,16H2,1-2H3. The lowest BCUT2D eigenvalue weighted by atomic mass is 9.99. The number of ether oxygens (including phenoxy) is 1. The summed E-state index contributed by atoms with van der Waals surface area (Å²) in [6.07, 6.45) is 5.50. The molecule has 0 bridgehead atoms. The minimum atomic E-state index is -4.10. The van der Waals surface area contributed by atoms with Crippen molar-refractivity contribution in [2.75, 3.05) is 13.7 Å². The fourth-order valence-electron chi connectivity index (χ4n) is 5.45. The maximum Gasteiger partial charge on any atom is 0.269 e. The monoisotopic (exact) mass is 543 g/mol. The second-order valence-corrected chi connectivity index (χ2v) is 12.0. The van der Waals surface area contributed by atoms with Gasteiger partial charge in [-0.15, -0.1) is 0 Å². The van der Waals surface area contributed by atoms with Gasteiger partial charge in [0.05, 0.1) is 7.11 Å². The minimum absolute atomic E-state index is 0.0129. The molecule has 2 fully saturated rings. The second-order valence-electron chi connectivity index (χ2n) is 9.76. The molecule has 37 heavy (non-hydrogen) atoms. The zero-order valence-corrected chi connectivity index (χ0v) is 22.5. The summed E-state index contributed by atoms with van der Waals surface area (Å²) in [5.74, 6) is -0.0178. The van der Waals surface area contributed by atoms with E-state index in [0.717, 1.165) is 36.8 Å². The molecule has 8 nitrogen and oxygen atoms in total. The zero-order chi connectivity index (χ0) is 26.3. The Balaban J connectivity index is 1.61. The summed E-state index contributed by atoms with van der Waals surface area (Å²) in [6, 6.07) is 11.2. The number of hydrogen-bond acceptors (Lipinski definition) is 5. The Morgan fingerprint density at radius 2 is 1.76 bits per heavy atom. The van der Waals surface area contributed by atoms with E-state index < -0.39 is 16.1 Å². The van der Waals surface area contributed by atoms with Gasteiger partial charge in [-0.3, -0.25) is 14.5 Å². The highest BCUT2D eigenvalue weighted by Crippen LogP contribution is 2.38. The van der Waals surface area contributed by atoms with Crippen LogP contribution in [0.1, 0.15) is 43.2 Å². The average molecular weight is 544 g/mol. The van der Waals surface area contributed by atoms with Crippen LogP contribution in [0.3, 0.4) is 0 Å². The lowest BCUT2D eigenvalue weighted by Gasteiger charge is -2.47. The first-order valence-electron chi connectivity index (χ1n) is 12.5. The van der Waals surface area contributed by atoms with Crippen LogP contribution in [0.15, 0.2) is 59.4 Å². The van der Waals surface area contributed by atoms with Crippen LogP contribution in [-0.4, -0.2) is 60.1 Å². The van der Waals surface area contributed by atoms with Crippen LogP contribution in [0.25, 0.3) is 0 Å². The number of methoxy groups -OCH3 is 1.